The number of hydrazine groups is 1. The maximum atomic E-state index is 12.9. The lowest BCUT2D eigenvalue weighted by molar-refractivity contribution is -0.0230. The number of nitrogens with one attached hydrogen (secondary N) is 1. The van der Waals surface area contributed by atoms with Crippen molar-refractivity contribution >= 4 is 15.7 Å². The highest BCUT2D eigenvalue weighted by atomic mass is 32.2. The van der Waals surface area contributed by atoms with Crippen molar-refractivity contribution in [2.24, 2.45) is 5.84 Å². The number of rotatable bonds is 4. The summed E-state index contributed by atoms with van der Waals surface area (Å²) in [6.45, 7) is 4.62. The van der Waals surface area contributed by atoms with Gasteiger partial charge in [-0.3, -0.25) is 5.84 Å². The molecule has 1 heterocycles. The summed E-state index contributed by atoms with van der Waals surface area (Å²) in [4.78, 5) is 0.204. The number of benzene rings is 1. The molecule has 20 heavy (non-hydrogen) atoms. The molecule has 0 bridgehead atoms. The molecule has 6 nitrogen and oxygen atoms in total. The zero-order valence-corrected chi connectivity index (χ0v) is 12.6. The van der Waals surface area contributed by atoms with E-state index in [-0.39, 0.29) is 17.0 Å². The van der Waals surface area contributed by atoms with Crippen LogP contribution in [0.2, 0.25) is 0 Å². The van der Waals surface area contributed by atoms with Gasteiger partial charge in [0.2, 0.25) is 10.0 Å². The maximum Gasteiger partial charge on any atom is 0.245 e. The van der Waals surface area contributed by atoms with Crippen LogP contribution < -0.4 is 11.3 Å². The van der Waals surface area contributed by atoms with Gasteiger partial charge in [-0.05, 0) is 25.5 Å². The number of nitrogen functional groups attached to an aromatic ring is 1. The van der Waals surface area contributed by atoms with Crippen molar-refractivity contribution in [3.8, 4) is 0 Å². The monoisotopic (exact) mass is 299 g/mol. The molecule has 1 aromatic carbocycles. The summed E-state index contributed by atoms with van der Waals surface area (Å²) in [5.74, 6) is 5.41. The molecule has 1 aliphatic rings. The van der Waals surface area contributed by atoms with Crippen LogP contribution in [0.4, 0.5) is 5.69 Å². The number of hydrogen-bond acceptors (Lipinski definition) is 5. The molecule has 0 amide bonds. The van der Waals surface area contributed by atoms with Crippen molar-refractivity contribution in [1.82, 2.24) is 4.31 Å². The molecule has 7 heteroatoms. The van der Waals surface area contributed by atoms with E-state index in [4.69, 9.17) is 10.6 Å². The van der Waals surface area contributed by atoms with Crippen molar-refractivity contribution in [1.29, 1.82) is 0 Å². The van der Waals surface area contributed by atoms with Gasteiger partial charge in [-0.25, -0.2) is 8.42 Å². The van der Waals surface area contributed by atoms with E-state index in [0.29, 0.717) is 25.3 Å². The summed E-state index contributed by atoms with van der Waals surface area (Å²) < 4.78 is 32.8. The van der Waals surface area contributed by atoms with Gasteiger partial charge in [-0.2, -0.15) is 4.31 Å². The van der Waals surface area contributed by atoms with E-state index in [1.807, 2.05) is 13.8 Å². The quantitative estimate of drug-likeness (QED) is 0.644. The second-order valence-electron chi connectivity index (χ2n) is 4.92. The summed E-state index contributed by atoms with van der Waals surface area (Å²) in [5, 5.41) is 0. The molecule has 0 aromatic heterocycles. The fraction of sp³-hybridized carbons (Fsp3) is 0.538. The number of ether oxygens (including phenoxy) is 1. The predicted octanol–water partition coefficient (Wildman–Crippen LogP) is 1.16. The molecule has 2 unspecified atom stereocenters. The van der Waals surface area contributed by atoms with E-state index in [9.17, 15) is 8.42 Å². The first-order chi connectivity index (χ1) is 9.50. The molecule has 0 saturated carbocycles. The average molecular weight is 299 g/mol. The highest BCUT2D eigenvalue weighted by molar-refractivity contribution is 7.89. The number of anilines is 1. The number of morpholine rings is 1. The van der Waals surface area contributed by atoms with Gasteiger partial charge in [0.15, 0.2) is 0 Å². The number of nitrogens with zero attached hydrogens (tertiary/aromatic N) is 1. The van der Waals surface area contributed by atoms with Gasteiger partial charge in [-0.1, -0.05) is 19.1 Å². The van der Waals surface area contributed by atoms with Crippen LogP contribution >= 0.6 is 0 Å². The van der Waals surface area contributed by atoms with E-state index in [1.165, 1.54) is 4.31 Å². The fourth-order valence-electron chi connectivity index (χ4n) is 2.37. The van der Waals surface area contributed by atoms with E-state index >= 15 is 0 Å². The van der Waals surface area contributed by atoms with E-state index in [0.717, 1.165) is 0 Å². The van der Waals surface area contributed by atoms with Crippen molar-refractivity contribution in [3.63, 3.8) is 0 Å². The van der Waals surface area contributed by atoms with E-state index < -0.39 is 10.0 Å². The van der Waals surface area contributed by atoms with Gasteiger partial charge in [0, 0.05) is 12.6 Å². The van der Waals surface area contributed by atoms with Crippen molar-refractivity contribution < 1.29 is 13.2 Å². The lowest BCUT2D eigenvalue weighted by atomic mass is 10.2. The molecule has 2 rings (SSSR count). The van der Waals surface area contributed by atoms with Crippen molar-refractivity contribution in [3.05, 3.63) is 24.3 Å². The Morgan fingerprint density at radius 2 is 2.15 bits per heavy atom. The third-order valence-electron chi connectivity index (χ3n) is 3.52. The minimum absolute atomic E-state index is 0.106. The van der Waals surface area contributed by atoms with E-state index in [1.54, 1.807) is 24.3 Å². The maximum absolute atomic E-state index is 12.9. The number of nitrogens with two attached hydrogens (primary N) is 1. The molecule has 1 fully saturated rings. The van der Waals surface area contributed by atoms with E-state index in [2.05, 4.69) is 5.43 Å². The Morgan fingerprint density at radius 3 is 2.80 bits per heavy atom. The first-order valence-corrected chi connectivity index (χ1v) is 8.13. The molecular weight excluding hydrogens is 278 g/mol. The minimum Gasteiger partial charge on any atom is -0.375 e. The first-order valence-electron chi connectivity index (χ1n) is 6.69. The van der Waals surface area contributed by atoms with Crippen LogP contribution in [0.1, 0.15) is 20.3 Å². The average Bonchev–Trinajstić information content (AvgIpc) is 2.47. The summed E-state index contributed by atoms with van der Waals surface area (Å²) in [5.41, 5.74) is 2.85. The Hall–Kier alpha value is -1.15. The molecule has 0 radical (unpaired) electrons. The molecule has 2 atom stereocenters. The number of hydrogen-bond donors (Lipinski definition) is 2. The molecule has 1 aromatic rings. The van der Waals surface area contributed by atoms with Gasteiger partial charge in [0.25, 0.3) is 0 Å². The third kappa shape index (κ3) is 2.80. The SMILES string of the molecule is CCC1COC(C)CN1S(=O)(=O)c1ccccc1NN. The normalized spacial score (nSPS) is 24.6. The van der Waals surface area contributed by atoms with Crippen molar-refractivity contribution in [2.75, 3.05) is 18.6 Å². The Bertz CT molecular complexity index is 562. The van der Waals surface area contributed by atoms with Gasteiger partial charge in [0.05, 0.1) is 18.4 Å². The third-order valence-corrected chi connectivity index (χ3v) is 5.49. The van der Waals surface area contributed by atoms with Crippen LogP contribution in [0.25, 0.3) is 0 Å². The Balaban J connectivity index is 2.42. The Kier molecular flexibility index (Phi) is 4.64. The van der Waals surface area contributed by atoms with Crippen LogP contribution in [-0.4, -0.2) is 38.0 Å². The van der Waals surface area contributed by atoms with Gasteiger partial charge in [0.1, 0.15) is 4.90 Å². The van der Waals surface area contributed by atoms with Crippen LogP contribution in [0.3, 0.4) is 0 Å². The fourth-order valence-corrected chi connectivity index (χ4v) is 4.28. The zero-order valence-electron chi connectivity index (χ0n) is 11.7. The highest BCUT2D eigenvalue weighted by Crippen LogP contribution is 2.28. The molecule has 0 aliphatic carbocycles. The summed E-state index contributed by atoms with van der Waals surface area (Å²) in [6, 6.07) is 6.52. The smallest absolute Gasteiger partial charge is 0.245 e. The number of sulfonamides is 1. The standard InChI is InChI=1S/C13H21N3O3S/c1-3-11-9-19-10(2)8-16(11)20(17,18)13-7-5-4-6-12(13)15-14/h4-7,10-11,15H,3,8-9,14H2,1-2H3. The summed E-state index contributed by atoms with van der Waals surface area (Å²) in [6.07, 6.45) is 0.607. The molecule has 112 valence electrons. The zero-order chi connectivity index (χ0) is 14.8. The van der Waals surface area contributed by atoms with Crippen molar-refractivity contribution in [2.45, 2.75) is 37.3 Å². The minimum atomic E-state index is -3.59. The Morgan fingerprint density at radius 1 is 1.45 bits per heavy atom. The second-order valence-corrected chi connectivity index (χ2v) is 6.78. The molecule has 1 aliphatic heterocycles. The van der Waals surface area contributed by atoms with Crippen LogP contribution in [0, 0.1) is 0 Å². The molecular formula is C13H21N3O3S. The van der Waals surface area contributed by atoms with Gasteiger partial charge in [-0.15, -0.1) is 0 Å². The molecule has 3 N–H and O–H groups in total. The lowest BCUT2D eigenvalue weighted by Gasteiger charge is -2.37. The first kappa shape index (κ1) is 15.2. The summed E-state index contributed by atoms with van der Waals surface area (Å²) in [7, 11) is -3.59. The Labute approximate surface area is 119 Å². The number of para-hydroxylation sites is 1. The van der Waals surface area contributed by atoms with Crippen LogP contribution in [-0.2, 0) is 14.8 Å². The topological polar surface area (TPSA) is 84.7 Å². The predicted molar refractivity (Wildman–Crippen MR) is 77.6 cm³/mol. The molecule has 0 spiro atoms. The van der Waals surface area contributed by atoms with Crippen LogP contribution in [0.15, 0.2) is 29.2 Å². The highest BCUT2D eigenvalue weighted by Gasteiger charge is 2.36. The molecule has 1 saturated heterocycles. The second kappa shape index (κ2) is 6.09. The summed E-state index contributed by atoms with van der Waals surface area (Å²) >= 11 is 0. The van der Waals surface area contributed by atoms with Crippen LogP contribution in [0.5, 0.6) is 0 Å². The van der Waals surface area contributed by atoms with Gasteiger partial charge < -0.3 is 10.2 Å². The lowest BCUT2D eigenvalue weighted by Crippen LogP contribution is -2.51. The van der Waals surface area contributed by atoms with Gasteiger partial charge >= 0.3 is 0 Å². The largest absolute Gasteiger partial charge is 0.375 e.